The Bertz CT molecular complexity index is 833. The van der Waals surface area contributed by atoms with E-state index in [-0.39, 0.29) is 23.5 Å². The van der Waals surface area contributed by atoms with Crippen LogP contribution in [0.4, 0.5) is 5.82 Å². The normalized spacial score (nSPS) is 11.6. The number of benzene rings is 1. The molecule has 0 saturated heterocycles. The zero-order chi connectivity index (χ0) is 20.7. The van der Waals surface area contributed by atoms with E-state index in [0.29, 0.717) is 23.7 Å². The first kappa shape index (κ1) is 21.5. The Labute approximate surface area is 168 Å². The Morgan fingerprint density at radius 2 is 1.89 bits per heavy atom. The highest BCUT2D eigenvalue weighted by Gasteiger charge is 2.16. The molecule has 0 fully saturated rings. The van der Waals surface area contributed by atoms with Crippen molar-refractivity contribution in [2.24, 2.45) is 0 Å². The van der Waals surface area contributed by atoms with E-state index in [1.165, 1.54) is 16.7 Å². The van der Waals surface area contributed by atoms with Crippen LogP contribution in [0, 0.1) is 6.92 Å². The summed E-state index contributed by atoms with van der Waals surface area (Å²) >= 11 is 1.23. The van der Waals surface area contributed by atoms with E-state index < -0.39 is 5.25 Å². The summed E-state index contributed by atoms with van der Waals surface area (Å²) in [4.78, 5) is 37.5. The van der Waals surface area contributed by atoms with E-state index in [0.717, 1.165) is 5.56 Å². The lowest BCUT2D eigenvalue weighted by Crippen LogP contribution is -2.28. The number of carbonyl (C=O) groups excluding carboxylic acids is 3. The van der Waals surface area contributed by atoms with Crippen LogP contribution < -0.4 is 10.6 Å². The fourth-order valence-electron chi connectivity index (χ4n) is 2.20. The summed E-state index contributed by atoms with van der Waals surface area (Å²) in [6.07, 6.45) is 0. The van der Waals surface area contributed by atoms with Crippen molar-refractivity contribution >= 4 is 35.3 Å². The van der Waals surface area contributed by atoms with Crippen LogP contribution in [0.1, 0.15) is 28.6 Å². The van der Waals surface area contributed by atoms with Gasteiger partial charge < -0.3 is 20.1 Å². The van der Waals surface area contributed by atoms with E-state index in [4.69, 9.17) is 4.52 Å². The molecule has 0 aliphatic heterocycles. The number of carbonyl (C=O) groups is 3. The highest BCUT2D eigenvalue weighted by molar-refractivity contribution is 8.01. The van der Waals surface area contributed by atoms with Gasteiger partial charge in [0, 0.05) is 32.3 Å². The molecular weight excluding hydrogens is 380 g/mol. The van der Waals surface area contributed by atoms with Crippen LogP contribution in [-0.4, -0.2) is 52.9 Å². The van der Waals surface area contributed by atoms with Gasteiger partial charge in [0.1, 0.15) is 5.76 Å². The monoisotopic (exact) mass is 404 g/mol. The van der Waals surface area contributed by atoms with Crippen molar-refractivity contribution < 1.29 is 18.9 Å². The number of hydrogen-bond acceptors (Lipinski definition) is 6. The molecular formula is C19H24N4O4S. The van der Waals surface area contributed by atoms with Crippen molar-refractivity contribution in [1.82, 2.24) is 15.4 Å². The maximum atomic E-state index is 12.1. The summed E-state index contributed by atoms with van der Waals surface area (Å²) in [6, 6.07) is 8.70. The van der Waals surface area contributed by atoms with E-state index in [1.807, 2.05) is 0 Å². The van der Waals surface area contributed by atoms with Crippen LogP contribution in [-0.2, 0) is 16.1 Å². The second kappa shape index (κ2) is 9.93. The maximum Gasteiger partial charge on any atom is 0.253 e. The van der Waals surface area contributed by atoms with Gasteiger partial charge in [-0.15, -0.1) is 11.8 Å². The third-order valence-corrected chi connectivity index (χ3v) is 4.95. The first-order chi connectivity index (χ1) is 13.3. The molecule has 1 atom stereocenters. The molecule has 150 valence electrons. The molecule has 0 bridgehead atoms. The van der Waals surface area contributed by atoms with Gasteiger partial charge in [-0.05, 0) is 31.5 Å². The molecule has 8 nitrogen and oxygen atoms in total. The smallest absolute Gasteiger partial charge is 0.253 e. The topological polar surface area (TPSA) is 105 Å². The van der Waals surface area contributed by atoms with Gasteiger partial charge in [-0.1, -0.05) is 17.3 Å². The SMILES string of the molecule is Cc1cc(NC(=O)C(C)SCC(=O)NCc2ccc(C(=O)N(C)C)cc2)no1. The number of aryl methyl sites for hydroxylation is 1. The van der Waals surface area contributed by atoms with Crippen molar-refractivity contribution in [1.29, 1.82) is 0 Å². The summed E-state index contributed by atoms with van der Waals surface area (Å²) in [5, 5.41) is 8.73. The molecule has 3 amide bonds. The van der Waals surface area contributed by atoms with Crippen molar-refractivity contribution in [2.75, 3.05) is 25.2 Å². The molecule has 1 heterocycles. The van der Waals surface area contributed by atoms with Gasteiger partial charge in [0.15, 0.2) is 5.82 Å². The number of nitrogens with one attached hydrogen (secondary N) is 2. The van der Waals surface area contributed by atoms with Crippen molar-refractivity contribution in [3.63, 3.8) is 0 Å². The zero-order valence-electron chi connectivity index (χ0n) is 16.3. The van der Waals surface area contributed by atoms with E-state index in [2.05, 4.69) is 15.8 Å². The van der Waals surface area contributed by atoms with Gasteiger partial charge in [0.2, 0.25) is 11.8 Å². The van der Waals surface area contributed by atoms with Crippen LogP contribution >= 0.6 is 11.8 Å². The first-order valence-corrected chi connectivity index (χ1v) is 9.74. The molecule has 0 saturated carbocycles. The minimum absolute atomic E-state index is 0.0694. The first-order valence-electron chi connectivity index (χ1n) is 8.69. The molecule has 2 aromatic rings. The Morgan fingerprint density at radius 3 is 2.46 bits per heavy atom. The van der Waals surface area contributed by atoms with E-state index in [9.17, 15) is 14.4 Å². The quantitative estimate of drug-likeness (QED) is 0.698. The average Bonchev–Trinajstić information content (AvgIpc) is 3.08. The minimum Gasteiger partial charge on any atom is -0.360 e. The van der Waals surface area contributed by atoms with Crippen LogP contribution in [0.15, 0.2) is 34.9 Å². The summed E-state index contributed by atoms with van der Waals surface area (Å²) in [5.41, 5.74) is 1.48. The maximum absolute atomic E-state index is 12.1. The highest BCUT2D eigenvalue weighted by atomic mass is 32.2. The van der Waals surface area contributed by atoms with Crippen molar-refractivity contribution in [2.45, 2.75) is 25.6 Å². The molecule has 1 unspecified atom stereocenters. The van der Waals surface area contributed by atoms with Crippen molar-refractivity contribution in [3.8, 4) is 0 Å². The van der Waals surface area contributed by atoms with E-state index >= 15 is 0 Å². The fourth-order valence-corrected chi connectivity index (χ4v) is 2.92. The minimum atomic E-state index is -0.418. The molecule has 28 heavy (non-hydrogen) atoms. The van der Waals surface area contributed by atoms with Crippen LogP contribution in [0.25, 0.3) is 0 Å². The summed E-state index contributed by atoms with van der Waals surface area (Å²) in [5.74, 6) is 0.635. The number of hydrogen-bond donors (Lipinski definition) is 2. The Kier molecular flexibility index (Phi) is 7.62. The third kappa shape index (κ3) is 6.41. The Morgan fingerprint density at radius 1 is 1.21 bits per heavy atom. The number of nitrogens with zero attached hydrogens (tertiary/aromatic N) is 2. The predicted molar refractivity (Wildman–Crippen MR) is 108 cm³/mol. The Balaban J connectivity index is 1.73. The molecule has 2 N–H and O–H groups in total. The molecule has 2 rings (SSSR count). The number of amides is 3. The van der Waals surface area contributed by atoms with Gasteiger partial charge in [0.05, 0.1) is 11.0 Å². The van der Waals surface area contributed by atoms with Gasteiger partial charge in [-0.3, -0.25) is 14.4 Å². The number of anilines is 1. The van der Waals surface area contributed by atoms with Crippen molar-refractivity contribution in [3.05, 3.63) is 47.2 Å². The van der Waals surface area contributed by atoms with Gasteiger partial charge in [0.25, 0.3) is 5.91 Å². The summed E-state index contributed by atoms with van der Waals surface area (Å²) in [7, 11) is 3.39. The molecule has 0 aliphatic carbocycles. The average molecular weight is 404 g/mol. The lowest BCUT2D eigenvalue weighted by atomic mass is 10.1. The summed E-state index contributed by atoms with van der Waals surface area (Å²) in [6.45, 7) is 3.81. The van der Waals surface area contributed by atoms with Crippen LogP contribution in [0.5, 0.6) is 0 Å². The molecule has 1 aromatic heterocycles. The lowest BCUT2D eigenvalue weighted by Gasteiger charge is -2.12. The van der Waals surface area contributed by atoms with Gasteiger partial charge >= 0.3 is 0 Å². The number of rotatable bonds is 8. The van der Waals surface area contributed by atoms with Crippen LogP contribution in [0.3, 0.4) is 0 Å². The van der Waals surface area contributed by atoms with E-state index in [1.54, 1.807) is 58.3 Å². The molecule has 0 spiro atoms. The largest absolute Gasteiger partial charge is 0.360 e. The van der Waals surface area contributed by atoms with Gasteiger partial charge in [-0.25, -0.2) is 0 Å². The number of thioether (sulfide) groups is 1. The second-order valence-corrected chi connectivity index (χ2v) is 7.77. The summed E-state index contributed by atoms with van der Waals surface area (Å²) < 4.78 is 4.89. The molecule has 0 radical (unpaired) electrons. The number of aromatic nitrogens is 1. The van der Waals surface area contributed by atoms with Crippen LogP contribution in [0.2, 0.25) is 0 Å². The third-order valence-electron chi connectivity index (χ3n) is 3.81. The highest BCUT2D eigenvalue weighted by Crippen LogP contribution is 2.14. The Hall–Kier alpha value is -2.81. The van der Waals surface area contributed by atoms with Gasteiger partial charge in [-0.2, -0.15) is 0 Å². The molecule has 9 heteroatoms. The second-order valence-electron chi connectivity index (χ2n) is 6.44. The molecule has 0 aliphatic rings. The molecule has 1 aromatic carbocycles. The lowest BCUT2D eigenvalue weighted by molar-refractivity contribution is -0.118. The fraction of sp³-hybridized carbons (Fsp3) is 0.368. The zero-order valence-corrected chi connectivity index (χ0v) is 17.1. The predicted octanol–water partition coefficient (Wildman–Crippen LogP) is 2.06. The standard InChI is InChI=1S/C19H24N4O4S/c1-12-9-16(22-27-12)21-18(25)13(2)28-11-17(24)20-10-14-5-7-15(8-6-14)19(26)23(3)4/h5-9,13H,10-11H2,1-4H3,(H,20,24)(H,21,22,25).